The van der Waals surface area contributed by atoms with Crippen LogP contribution >= 0.6 is 22.9 Å². The van der Waals surface area contributed by atoms with Gasteiger partial charge in [0.25, 0.3) is 5.91 Å². The second-order valence-electron chi connectivity index (χ2n) is 6.02. The van der Waals surface area contributed by atoms with Gasteiger partial charge in [-0.15, -0.1) is 11.3 Å². The van der Waals surface area contributed by atoms with Gasteiger partial charge in [-0.05, 0) is 47.9 Å². The number of methoxy groups -OCH3 is 1. The van der Waals surface area contributed by atoms with Crippen molar-refractivity contribution in [2.24, 2.45) is 0 Å². The number of thiophene rings is 1. The molecule has 1 aliphatic rings. The highest BCUT2D eigenvalue weighted by Crippen LogP contribution is 2.39. The lowest BCUT2D eigenvalue weighted by Crippen LogP contribution is -2.22. The number of carbonyl (C=O) groups excluding carboxylic acids is 1. The van der Waals surface area contributed by atoms with Gasteiger partial charge in [0, 0.05) is 21.7 Å². The SMILES string of the molecule is COc1cc(N2Cc3cc(-c4ccc(Cl)cc4)sc3C2=O)ccc1C. The number of nitrogens with zero attached hydrogens (tertiary/aromatic N) is 1. The zero-order valence-electron chi connectivity index (χ0n) is 13.9. The second-order valence-corrected chi connectivity index (χ2v) is 7.51. The van der Waals surface area contributed by atoms with Gasteiger partial charge in [-0.25, -0.2) is 0 Å². The van der Waals surface area contributed by atoms with Gasteiger partial charge in [0.05, 0.1) is 18.5 Å². The Morgan fingerprint density at radius 3 is 2.56 bits per heavy atom. The molecule has 0 unspecified atom stereocenters. The minimum Gasteiger partial charge on any atom is -0.496 e. The molecular formula is C20H16ClNO2S. The summed E-state index contributed by atoms with van der Waals surface area (Å²) in [5.74, 6) is 0.841. The van der Waals surface area contributed by atoms with Crippen LogP contribution in [-0.2, 0) is 6.54 Å². The van der Waals surface area contributed by atoms with Gasteiger partial charge in [-0.2, -0.15) is 0 Å². The fourth-order valence-corrected chi connectivity index (χ4v) is 4.29. The van der Waals surface area contributed by atoms with E-state index in [0.717, 1.165) is 37.9 Å². The molecule has 1 aliphatic heterocycles. The number of fused-ring (bicyclic) bond motifs is 1. The van der Waals surface area contributed by atoms with Crippen LogP contribution in [0, 0.1) is 6.92 Å². The third-order valence-corrected chi connectivity index (χ3v) is 5.88. The molecule has 0 spiro atoms. The first-order valence-electron chi connectivity index (χ1n) is 7.92. The molecule has 3 nitrogen and oxygen atoms in total. The largest absolute Gasteiger partial charge is 0.496 e. The van der Waals surface area contributed by atoms with Gasteiger partial charge >= 0.3 is 0 Å². The van der Waals surface area contributed by atoms with E-state index in [1.807, 2.05) is 49.4 Å². The molecule has 0 aliphatic carbocycles. The van der Waals surface area contributed by atoms with Crippen LogP contribution in [0.3, 0.4) is 0 Å². The van der Waals surface area contributed by atoms with Crippen LogP contribution in [-0.4, -0.2) is 13.0 Å². The summed E-state index contributed by atoms with van der Waals surface area (Å²) < 4.78 is 5.38. The first-order chi connectivity index (χ1) is 12.1. The summed E-state index contributed by atoms with van der Waals surface area (Å²) in [6.07, 6.45) is 0. The number of anilines is 1. The lowest BCUT2D eigenvalue weighted by atomic mass is 10.1. The minimum absolute atomic E-state index is 0.0473. The summed E-state index contributed by atoms with van der Waals surface area (Å²) in [7, 11) is 1.65. The molecule has 0 saturated heterocycles. The molecule has 3 aromatic rings. The number of ether oxygens (including phenoxy) is 1. The molecule has 25 heavy (non-hydrogen) atoms. The highest BCUT2D eigenvalue weighted by atomic mass is 35.5. The third-order valence-electron chi connectivity index (χ3n) is 4.41. The predicted molar refractivity (Wildman–Crippen MR) is 103 cm³/mol. The van der Waals surface area contributed by atoms with Crippen LogP contribution < -0.4 is 9.64 Å². The normalized spacial score (nSPS) is 13.2. The molecule has 0 N–H and O–H groups in total. The summed E-state index contributed by atoms with van der Waals surface area (Å²) >= 11 is 7.49. The van der Waals surface area contributed by atoms with Crippen LogP contribution in [0.1, 0.15) is 20.8 Å². The van der Waals surface area contributed by atoms with Crippen molar-refractivity contribution in [2.45, 2.75) is 13.5 Å². The summed E-state index contributed by atoms with van der Waals surface area (Å²) in [6.45, 7) is 2.58. The lowest BCUT2D eigenvalue weighted by Gasteiger charge is -2.17. The van der Waals surface area contributed by atoms with E-state index < -0.39 is 0 Å². The number of rotatable bonds is 3. The van der Waals surface area contributed by atoms with E-state index in [1.54, 1.807) is 12.0 Å². The van der Waals surface area contributed by atoms with E-state index in [-0.39, 0.29) is 5.91 Å². The quantitative estimate of drug-likeness (QED) is 0.606. The summed E-state index contributed by atoms with van der Waals surface area (Å²) in [5, 5.41) is 0.711. The first-order valence-corrected chi connectivity index (χ1v) is 9.11. The molecule has 0 radical (unpaired) electrons. The van der Waals surface area contributed by atoms with Crippen LogP contribution in [0.2, 0.25) is 5.02 Å². The Kier molecular flexibility index (Phi) is 4.02. The predicted octanol–water partition coefficient (Wildman–Crippen LogP) is 5.55. The number of aryl methyl sites for hydroxylation is 1. The molecule has 0 bridgehead atoms. The molecule has 1 amide bonds. The summed E-state index contributed by atoms with van der Waals surface area (Å²) in [4.78, 5) is 16.6. The highest BCUT2D eigenvalue weighted by Gasteiger charge is 2.31. The highest BCUT2D eigenvalue weighted by molar-refractivity contribution is 7.17. The molecule has 0 atom stereocenters. The Morgan fingerprint density at radius 2 is 1.88 bits per heavy atom. The van der Waals surface area contributed by atoms with Crippen LogP contribution in [0.4, 0.5) is 5.69 Å². The maximum Gasteiger partial charge on any atom is 0.269 e. The van der Waals surface area contributed by atoms with Crippen molar-refractivity contribution in [1.82, 2.24) is 0 Å². The van der Waals surface area contributed by atoms with E-state index in [0.29, 0.717) is 11.6 Å². The number of hydrogen-bond acceptors (Lipinski definition) is 3. The van der Waals surface area contributed by atoms with Crippen molar-refractivity contribution in [2.75, 3.05) is 12.0 Å². The average molecular weight is 370 g/mol. The lowest BCUT2D eigenvalue weighted by molar-refractivity contribution is 0.1000. The maximum atomic E-state index is 12.9. The zero-order chi connectivity index (χ0) is 17.6. The Labute approximate surface area is 155 Å². The van der Waals surface area contributed by atoms with Crippen molar-refractivity contribution in [3.63, 3.8) is 0 Å². The zero-order valence-corrected chi connectivity index (χ0v) is 15.4. The Morgan fingerprint density at radius 1 is 1.12 bits per heavy atom. The van der Waals surface area contributed by atoms with Crippen molar-refractivity contribution in [3.05, 3.63) is 69.6 Å². The number of amides is 1. The van der Waals surface area contributed by atoms with Crippen LogP contribution in [0.25, 0.3) is 10.4 Å². The van der Waals surface area contributed by atoms with E-state index >= 15 is 0 Å². The van der Waals surface area contributed by atoms with Gasteiger partial charge in [-0.1, -0.05) is 29.8 Å². The summed E-state index contributed by atoms with van der Waals surface area (Å²) in [5.41, 5.74) is 4.07. The average Bonchev–Trinajstić information content (AvgIpc) is 3.16. The molecule has 0 saturated carbocycles. The fourth-order valence-electron chi connectivity index (χ4n) is 3.03. The van der Waals surface area contributed by atoms with Gasteiger partial charge in [0.15, 0.2) is 0 Å². The molecule has 126 valence electrons. The van der Waals surface area contributed by atoms with E-state index in [1.165, 1.54) is 11.3 Å². The van der Waals surface area contributed by atoms with E-state index in [9.17, 15) is 4.79 Å². The second kappa shape index (κ2) is 6.21. The smallest absolute Gasteiger partial charge is 0.269 e. The van der Waals surface area contributed by atoms with E-state index in [2.05, 4.69) is 6.07 Å². The Hall–Kier alpha value is -2.30. The van der Waals surface area contributed by atoms with Gasteiger partial charge < -0.3 is 9.64 Å². The molecule has 5 heteroatoms. The van der Waals surface area contributed by atoms with Crippen molar-refractivity contribution in [3.8, 4) is 16.2 Å². The van der Waals surface area contributed by atoms with Gasteiger partial charge in [0.2, 0.25) is 0 Å². The summed E-state index contributed by atoms with van der Waals surface area (Å²) in [6, 6.07) is 15.7. The van der Waals surface area contributed by atoms with Crippen molar-refractivity contribution < 1.29 is 9.53 Å². The standard InChI is InChI=1S/C20H16ClNO2S/c1-12-3-8-16(10-17(12)24-2)22-11-14-9-18(25-19(14)20(22)23)13-4-6-15(21)7-5-13/h3-10H,11H2,1-2H3. The molecule has 2 heterocycles. The molecular weight excluding hydrogens is 354 g/mol. The molecule has 0 fully saturated rings. The van der Waals surface area contributed by atoms with Gasteiger partial charge in [0.1, 0.15) is 5.75 Å². The Bertz CT molecular complexity index is 962. The molecule has 1 aromatic heterocycles. The third kappa shape index (κ3) is 2.81. The minimum atomic E-state index is 0.0473. The fraction of sp³-hybridized carbons (Fsp3) is 0.150. The number of halogens is 1. The number of hydrogen-bond donors (Lipinski definition) is 0. The number of carbonyl (C=O) groups is 1. The molecule has 2 aromatic carbocycles. The Balaban J connectivity index is 1.64. The van der Waals surface area contributed by atoms with Crippen LogP contribution in [0.15, 0.2) is 48.5 Å². The van der Waals surface area contributed by atoms with Gasteiger partial charge in [-0.3, -0.25) is 4.79 Å². The monoisotopic (exact) mass is 369 g/mol. The topological polar surface area (TPSA) is 29.5 Å². The first kappa shape index (κ1) is 16.2. The van der Waals surface area contributed by atoms with E-state index in [4.69, 9.17) is 16.3 Å². The number of benzene rings is 2. The maximum absolute atomic E-state index is 12.9. The van der Waals surface area contributed by atoms with Crippen molar-refractivity contribution >= 4 is 34.5 Å². The van der Waals surface area contributed by atoms with Crippen molar-refractivity contribution in [1.29, 1.82) is 0 Å². The molecule has 4 rings (SSSR count). The van der Waals surface area contributed by atoms with Crippen LogP contribution in [0.5, 0.6) is 5.75 Å².